The quantitative estimate of drug-likeness (QED) is 0.555. The largest absolute Gasteiger partial charge is 0.490 e. The topological polar surface area (TPSA) is 135 Å². The van der Waals surface area contributed by atoms with Crippen LogP contribution >= 0.6 is 0 Å². The first-order valence-electron chi connectivity index (χ1n) is 10.2. The van der Waals surface area contributed by atoms with E-state index in [1.54, 1.807) is 24.5 Å². The second-order valence-electron chi connectivity index (χ2n) is 7.27. The molecule has 0 aromatic carbocycles. The van der Waals surface area contributed by atoms with Crippen molar-refractivity contribution in [3.8, 4) is 5.88 Å². The summed E-state index contributed by atoms with van der Waals surface area (Å²) in [4.78, 5) is 32.6. The number of rotatable bonds is 3. The summed E-state index contributed by atoms with van der Waals surface area (Å²) >= 11 is 0. The van der Waals surface area contributed by atoms with Gasteiger partial charge in [-0.15, -0.1) is 0 Å². The van der Waals surface area contributed by atoms with Gasteiger partial charge < -0.3 is 24.6 Å². The van der Waals surface area contributed by atoms with Crippen LogP contribution in [0.1, 0.15) is 12.8 Å². The molecule has 3 heterocycles. The molecule has 0 spiro atoms. The van der Waals surface area contributed by atoms with E-state index in [1.807, 2.05) is 0 Å². The summed E-state index contributed by atoms with van der Waals surface area (Å²) in [7, 11) is 0. The van der Waals surface area contributed by atoms with E-state index in [1.165, 1.54) is 12.3 Å². The summed E-state index contributed by atoms with van der Waals surface area (Å²) in [6.45, 7) is 1.32. The van der Waals surface area contributed by atoms with Crippen LogP contribution in [0.5, 0.6) is 5.88 Å². The highest BCUT2D eigenvalue weighted by atomic mass is 19.4. The molecule has 37 heavy (non-hydrogen) atoms. The Morgan fingerprint density at radius 2 is 1.49 bits per heavy atom. The summed E-state index contributed by atoms with van der Waals surface area (Å²) in [5.41, 5.74) is 0. The van der Waals surface area contributed by atoms with Gasteiger partial charge in [0.1, 0.15) is 12.2 Å². The highest BCUT2D eigenvalue weighted by Gasteiger charge is 2.45. The molecule has 1 aliphatic heterocycles. The minimum Gasteiger partial charge on any atom is -0.475 e. The molecule has 2 aliphatic rings. The maximum atomic E-state index is 13.7. The highest BCUT2D eigenvalue weighted by molar-refractivity contribution is 5.73. The fraction of sp³-hybridized carbons (Fsp3) is 0.450. The molecular formula is C20H19F7N4O6. The molecule has 1 aliphatic carbocycles. The first kappa shape index (κ1) is 29.5. The second-order valence-corrected chi connectivity index (χ2v) is 7.27. The van der Waals surface area contributed by atoms with Crippen LogP contribution in [0.2, 0.25) is 0 Å². The van der Waals surface area contributed by atoms with Gasteiger partial charge in [0.2, 0.25) is 5.95 Å². The fourth-order valence-electron chi connectivity index (χ4n) is 3.33. The van der Waals surface area contributed by atoms with Crippen molar-refractivity contribution in [2.45, 2.75) is 43.4 Å². The van der Waals surface area contributed by atoms with Gasteiger partial charge in [-0.25, -0.2) is 28.9 Å². The number of hydrogen-bond donors (Lipinski definition) is 2. The summed E-state index contributed by atoms with van der Waals surface area (Å²) in [6, 6.07) is 4.83. The van der Waals surface area contributed by atoms with Crippen molar-refractivity contribution in [1.29, 1.82) is 0 Å². The van der Waals surface area contributed by atoms with Crippen LogP contribution in [-0.2, 0) is 14.3 Å². The molecule has 204 valence electrons. The molecule has 2 fully saturated rings. The van der Waals surface area contributed by atoms with Crippen molar-refractivity contribution in [2.24, 2.45) is 0 Å². The summed E-state index contributed by atoms with van der Waals surface area (Å²) < 4.78 is 88.9. The van der Waals surface area contributed by atoms with Crippen molar-refractivity contribution in [2.75, 3.05) is 18.1 Å². The van der Waals surface area contributed by atoms with Crippen molar-refractivity contribution < 1.29 is 60.0 Å². The number of anilines is 1. The summed E-state index contributed by atoms with van der Waals surface area (Å²) in [5.74, 6) is -5.22. The van der Waals surface area contributed by atoms with Gasteiger partial charge in [0.25, 0.3) is 5.88 Å². The first-order chi connectivity index (χ1) is 17.2. The number of nitrogens with zero attached hydrogens (tertiary/aromatic N) is 4. The smallest absolute Gasteiger partial charge is 0.475 e. The average molecular weight is 544 g/mol. The number of morpholine rings is 1. The van der Waals surface area contributed by atoms with E-state index in [9.17, 15) is 30.7 Å². The van der Waals surface area contributed by atoms with Crippen LogP contribution in [-0.4, -0.2) is 80.9 Å². The number of hydrogen-bond acceptors (Lipinski definition) is 8. The Morgan fingerprint density at radius 3 is 2.00 bits per heavy atom. The maximum Gasteiger partial charge on any atom is 0.490 e. The number of aromatic nitrogens is 3. The van der Waals surface area contributed by atoms with Gasteiger partial charge in [-0.05, 0) is 31.0 Å². The van der Waals surface area contributed by atoms with Crippen molar-refractivity contribution in [3.63, 3.8) is 0 Å². The van der Waals surface area contributed by atoms with Gasteiger partial charge in [-0.1, -0.05) is 0 Å². The molecule has 1 saturated heterocycles. The monoisotopic (exact) mass is 544 g/mol. The zero-order chi connectivity index (χ0) is 27.8. The predicted molar refractivity (Wildman–Crippen MR) is 108 cm³/mol. The molecule has 4 rings (SSSR count). The lowest BCUT2D eigenvalue weighted by atomic mass is 10.1. The zero-order valence-corrected chi connectivity index (χ0v) is 18.5. The number of carboxylic acid groups (broad SMARTS) is 2. The number of pyridine rings is 1. The van der Waals surface area contributed by atoms with E-state index in [2.05, 4.69) is 19.9 Å². The molecular weight excluding hydrogens is 525 g/mol. The lowest BCUT2D eigenvalue weighted by molar-refractivity contribution is -0.193. The Morgan fingerprint density at radius 1 is 0.946 bits per heavy atom. The van der Waals surface area contributed by atoms with Gasteiger partial charge in [0, 0.05) is 25.1 Å². The Labute approximate surface area is 203 Å². The van der Waals surface area contributed by atoms with Gasteiger partial charge in [-0.3, -0.25) is 0 Å². The second kappa shape index (κ2) is 12.5. The maximum absolute atomic E-state index is 13.7. The van der Waals surface area contributed by atoms with Gasteiger partial charge in [0.05, 0.1) is 12.6 Å². The van der Waals surface area contributed by atoms with Crippen molar-refractivity contribution in [3.05, 3.63) is 42.6 Å². The number of carbonyl (C=O) groups is 2. The minimum atomic E-state index is -5.08. The van der Waals surface area contributed by atoms with Crippen LogP contribution in [0.4, 0.5) is 36.7 Å². The van der Waals surface area contributed by atoms with Crippen LogP contribution in [0.15, 0.2) is 36.8 Å². The molecule has 17 heteroatoms. The third-order valence-corrected chi connectivity index (χ3v) is 4.82. The van der Waals surface area contributed by atoms with Crippen LogP contribution in [0, 0.1) is 5.82 Å². The van der Waals surface area contributed by atoms with E-state index in [-0.39, 0.29) is 24.1 Å². The number of carboxylic acids is 2. The van der Waals surface area contributed by atoms with E-state index < -0.39 is 30.1 Å². The predicted octanol–water partition coefficient (Wildman–Crippen LogP) is 3.09. The number of fused-ring (bicyclic) bond motifs is 1. The van der Waals surface area contributed by atoms with E-state index >= 15 is 0 Å². The summed E-state index contributed by atoms with van der Waals surface area (Å²) in [5, 5.41) is 14.2. The molecule has 2 aromatic rings. The Kier molecular flexibility index (Phi) is 9.93. The van der Waals surface area contributed by atoms with Crippen molar-refractivity contribution >= 4 is 17.9 Å². The van der Waals surface area contributed by atoms with Crippen LogP contribution in [0.25, 0.3) is 0 Å². The molecule has 2 aromatic heterocycles. The zero-order valence-electron chi connectivity index (χ0n) is 18.5. The van der Waals surface area contributed by atoms with E-state index in [4.69, 9.17) is 29.3 Å². The number of halogens is 7. The van der Waals surface area contributed by atoms with Gasteiger partial charge in [-0.2, -0.15) is 26.3 Å². The molecule has 10 nitrogen and oxygen atoms in total. The first-order valence-corrected chi connectivity index (χ1v) is 10.2. The third-order valence-electron chi connectivity index (χ3n) is 4.82. The number of ether oxygens (including phenoxy) is 2. The lowest BCUT2D eigenvalue weighted by Gasteiger charge is -2.38. The normalized spacial score (nSPS) is 20.9. The highest BCUT2D eigenvalue weighted by Crippen LogP contribution is 2.34. The average Bonchev–Trinajstić information content (AvgIpc) is 3.24. The van der Waals surface area contributed by atoms with Gasteiger partial charge in [0.15, 0.2) is 5.82 Å². The third kappa shape index (κ3) is 8.69. The molecule has 2 N–H and O–H groups in total. The van der Waals surface area contributed by atoms with Crippen molar-refractivity contribution in [1.82, 2.24) is 15.0 Å². The summed E-state index contributed by atoms with van der Waals surface area (Å²) in [6.07, 6.45) is -3.84. The number of alkyl halides is 6. The fourth-order valence-corrected chi connectivity index (χ4v) is 3.33. The molecule has 0 radical (unpaired) electrons. The van der Waals surface area contributed by atoms with Crippen LogP contribution in [0.3, 0.4) is 0 Å². The van der Waals surface area contributed by atoms with E-state index in [0.29, 0.717) is 12.6 Å². The molecule has 1 saturated carbocycles. The Bertz CT molecular complexity index is 1020. The standard InChI is InChI=1S/C16H17FN4O2.2C2HF3O2/c17-11-3-1-6-18-15(11)23-13-5-4-12-14(13)22-10-9-21(12)16-19-7-2-8-20-16;2*3-2(4,5)1(6)7/h1-3,6-8,12-14H,4-5,9-10H2;2*(H,6,7)/t12-,13+,14+;;/m0../s1. The molecule has 0 unspecified atom stereocenters. The lowest BCUT2D eigenvalue weighted by Crippen LogP contribution is -2.53. The van der Waals surface area contributed by atoms with Crippen LogP contribution < -0.4 is 9.64 Å². The van der Waals surface area contributed by atoms with E-state index in [0.717, 1.165) is 19.4 Å². The molecule has 0 bridgehead atoms. The SMILES string of the molecule is Fc1cccnc1O[C@@H]1CC[C@H]2[C@H]1OCCN2c1ncccn1.O=C(O)C(F)(F)F.O=C(O)C(F)(F)F. The Hall–Kier alpha value is -3.76. The number of aliphatic carboxylic acids is 2. The molecule has 0 amide bonds. The Balaban J connectivity index is 0.000000286. The minimum absolute atomic E-state index is 0.0369. The molecule has 3 atom stereocenters. The van der Waals surface area contributed by atoms with Gasteiger partial charge >= 0.3 is 24.3 Å².